The Morgan fingerprint density at radius 3 is 1.51 bits per heavy atom. The summed E-state index contributed by atoms with van der Waals surface area (Å²) < 4.78 is 67.4. The Bertz CT molecular complexity index is 2640. The lowest BCUT2D eigenvalue weighted by Crippen LogP contribution is -2.54. The van der Waals surface area contributed by atoms with Crippen molar-refractivity contribution in [2.45, 2.75) is 189 Å². The van der Waals surface area contributed by atoms with Gasteiger partial charge < -0.3 is 63.0 Å². The summed E-state index contributed by atoms with van der Waals surface area (Å²) in [6.45, 7) is 5.74. The quantitative estimate of drug-likeness (QED) is 0.0257. The van der Waals surface area contributed by atoms with Crippen molar-refractivity contribution in [3.8, 4) is 0 Å². The van der Waals surface area contributed by atoms with Gasteiger partial charge in [0, 0.05) is 107 Å². The second kappa shape index (κ2) is 30.6. The predicted molar refractivity (Wildman–Crippen MR) is 312 cm³/mol. The van der Waals surface area contributed by atoms with Gasteiger partial charge in [0.15, 0.2) is 0 Å². The van der Waals surface area contributed by atoms with E-state index in [9.17, 15) is 59.5 Å². The van der Waals surface area contributed by atoms with E-state index in [4.69, 9.17) is 20.7 Å². The molecular weight excluding hydrogens is 1140 g/mol. The van der Waals surface area contributed by atoms with Gasteiger partial charge in [-0.15, -0.1) is 0 Å². The number of carbonyl (C=O) groups excluding carboxylic acids is 7. The number of amides is 8. The molecular formula is C52H87N15O13S3. The summed E-state index contributed by atoms with van der Waals surface area (Å²) in [5.41, 5.74) is 6.23. The molecule has 6 fully saturated rings. The van der Waals surface area contributed by atoms with Crippen LogP contribution in [0.2, 0.25) is 0 Å². The third-order valence-corrected chi connectivity index (χ3v) is 19.7. The molecule has 6 aliphatic rings. The lowest BCUT2D eigenvalue weighted by atomic mass is 10.0. The predicted octanol–water partition coefficient (Wildman–Crippen LogP) is -0.0165. The Balaban J connectivity index is 0.835. The van der Waals surface area contributed by atoms with Crippen LogP contribution in [0.5, 0.6) is 0 Å². The van der Waals surface area contributed by atoms with Crippen LogP contribution in [0.15, 0.2) is 0 Å². The van der Waals surface area contributed by atoms with Gasteiger partial charge in [-0.2, -0.15) is 43.5 Å². The Morgan fingerprint density at radius 2 is 1.06 bits per heavy atom. The van der Waals surface area contributed by atoms with E-state index < -0.39 is 79.5 Å². The zero-order chi connectivity index (χ0) is 59.7. The molecule has 1 aromatic heterocycles. The standard InChI is InChI=1S/C52H87N15O13S3/c1-2-3-12-41(68)54-22-8-4-6-13-43(70)58-39(32-82(75,76)77)46(72)56-36-18-26-66(27-19-36)49-62-48(65-24-16-35(53)17-25-65)63-50(64-49)67-28-20-37(21-29-67)57-47(73)40(33-83(78,79)80)59-44(71)14-7-5-9-23-55-42(69)15-10-11-34-30-52(34)45-38(31-81-52)60-51(74)61-45/h34-40,45H,2-33,53H2,1H3,(H,54,68)(H,55,69)(H,56,72)(H,57,73)(H,58,70)(H,59,71)(H2,60,61,74)(H,75,76,77)(H,78,79,80). The number of carbonyl (C=O) groups is 7. The van der Waals surface area contributed by atoms with Gasteiger partial charge in [0.2, 0.25) is 53.3 Å². The van der Waals surface area contributed by atoms with Crippen molar-refractivity contribution in [1.82, 2.24) is 57.5 Å². The molecule has 0 radical (unpaired) electrons. The van der Waals surface area contributed by atoms with Crippen LogP contribution in [0.1, 0.15) is 142 Å². The van der Waals surface area contributed by atoms with Crippen LogP contribution < -0.4 is 63.0 Å². The van der Waals surface area contributed by atoms with E-state index in [1.54, 1.807) is 0 Å². The van der Waals surface area contributed by atoms with Gasteiger partial charge in [0.05, 0.1) is 12.1 Å². The maximum atomic E-state index is 13.6. The Morgan fingerprint density at radius 1 is 0.627 bits per heavy atom. The minimum atomic E-state index is -4.67. The minimum absolute atomic E-state index is 0.00214. The Hall–Kier alpha value is -5.37. The van der Waals surface area contributed by atoms with Crippen LogP contribution in [0.25, 0.3) is 0 Å². The molecule has 1 aromatic rings. The molecule has 1 spiro atoms. The van der Waals surface area contributed by atoms with Crippen LogP contribution in [0.3, 0.4) is 0 Å². The highest BCUT2D eigenvalue weighted by molar-refractivity contribution is 8.01. The number of hydrogen-bond acceptors (Lipinski definition) is 19. The Kier molecular flexibility index (Phi) is 24.1. The average molecular weight is 1230 g/mol. The SMILES string of the molecule is CCCCC(=O)NCCCCCC(=O)NC(CS(=O)(=O)O)C(=O)NC1CCN(c2nc(N3CCC(N)CC3)nc(N3CCC(NC(=O)C(CS(=O)(=O)O)NC(=O)CCCCCNC(=O)CCCC4CC45SCC4NC(=O)NC45)CC3)n2)CC1. The minimum Gasteiger partial charge on any atom is -0.356 e. The first kappa shape index (κ1) is 65.2. The third-order valence-electron chi connectivity index (χ3n) is 16.4. The summed E-state index contributed by atoms with van der Waals surface area (Å²) in [5.74, 6) is -2.01. The second-order valence-electron chi connectivity index (χ2n) is 23.0. The number of aromatic nitrogens is 3. The summed E-state index contributed by atoms with van der Waals surface area (Å²) >= 11 is 1.92. The van der Waals surface area contributed by atoms with Crippen LogP contribution in [-0.2, 0) is 49.0 Å². The van der Waals surface area contributed by atoms with Gasteiger partial charge in [-0.05, 0) is 95.8 Å². The normalized spacial score (nSPS) is 22.9. The number of nitrogens with zero attached hydrogens (tertiary/aromatic N) is 6. The van der Waals surface area contributed by atoms with Gasteiger partial charge >= 0.3 is 6.03 Å². The molecule has 6 heterocycles. The van der Waals surface area contributed by atoms with Gasteiger partial charge in [-0.3, -0.25) is 37.9 Å². The van der Waals surface area contributed by atoms with Crippen LogP contribution >= 0.6 is 11.8 Å². The number of unbranched alkanes of at least 4 members (excludes halogenated alkanes) is 5. The first-order valence-corrected chi connectivity index (χ1v) is 33.9. The molecule has 31 heteroatoms. The van der Waals surface area contributed by atoms with Gasteiger partial charge in [0.25, 0.3) is 20.2 Å². The zero-order valence-electron chi connectivity index (χ0n) is 47.6. The fourth-order valence-electron chi connectivity index (χ4n) is 11.6. The topological polar surface area (TPSA) is 399 Å². The van der Waals surface area contributed by atoms with Gasteiger partial charge in [-0.25, -0.2) is 4.79 Å². The smallest absolute Gasteiger partial charge is 0.315 e. The molecule has 6 unspecified atom stereocenters. The fraction of sp³-hybridized carbons (Fsp3) is 0.808. The molecule has 12 N–H and O–H groups in total. The van der Waals surface area contributed by atoms with Crippen molar-refractivity contribution in [2.75, 3.05) is 84.3 Å². The third kappa shape index (κ3) is 20.7. The van der Waals surface area contributed by atoms with Gasteiger partial charge in [0.1, 0.15) is 23.6 Å². The molecule has 0 aromatic carbocycles. The monoisotopic (exact) mass is 1230 g/mol. The molecule has 466 valence electrons. The average Bonchev–Trinajstić information content (AvgIpc) is 1.86. The van der Waals surface area contributed by atoms with Crippen LogP contribution in [-0.4, -0.2) is 199 Å². The summed E-state index contributed by atoms with van der Waals surface area (Å²) in [6, 6.07) is -3.61. The van der Waals surface area contributed by atoms with Crippen molar-refractivity contribution in [3.63, 3.8) is 0 Å². The zero-order valence-corrected chi connectivity index (χ0v) is 50.1. The maximum absolute atomic E-state index is 13.6. The lowest BCUT2D eigenvalue weighted by Gasteiger charge is -2.36. The van der Waals surface area contributed by atoms with Crippen molar-refractivity contribution < 1.29 is 59.5 Å². The summed E-state index contributed by atoms with van der Waals surface area (Å²) in [5, 5.41) is 22.5. The molecule has 6 atom stereocenters. The Labute approximate surface area is 490 Å². The number of rotatable bonds is 32. The fourth-order valence-corrected chi connectivity index (χ4v) is 14.7. The molecule has 8 amide bonds. The van der Waals surface area contributed by atoms with Crippen molar-refractivity contribution in [1.29, 1.82) is 0 Å². The van der Waals surface area contributed by atoms with Gasteiger partial charge in [-0.1, -0.05) is 26.2 Å². The number of nitrogens with one attached hydrogen (secondary N) is 8. The second-order valence-corrected chi connectivity index (χ2v) is 27.4. The van der Waals surface area contributed by atoms with E-state index in [2.05, 4.69) is 42.5 Å². The number of piperidine rings is 3. The number of thioether (sulfide) groups is 1. The lowest BCUT2D eigenvalue weighted by molar-refractivity contribution is -0.129. The van der Waals surface area contributed by atoms with E-state index >= 15 is 0 Å². The molecule has 7 rings (SSSR count). The number of fused-ring (bicyclic) bond motifs is 2. The summed E-state index contributed by atoms with van der Waals surface area (Å²) in [4.78, 5) is 110. The number of anilines is 3. The van der Waals surface area contributed by atoms with Crippen molar-refractivity contribution >= 4 is 91.3 Å². The van der Waals surface area contributed by atoms with E-state index in [0.29, 0.717) is 153 Å². The summed E-state index contributed by atoms with van der Waals surface area (Å²) in [6.07, 6.45) is 11.8. The van der Waals surface area contributed by atoms with E-state index in [1.807, 2.05) is 33.4 Å². The van der Waals surface area contributed by atoms with E-state index in [-0.39, 0.29) is 53.6 Å². The number of nitrogens with two attached hydrogens (primary N) is 1. The molecule has 0 bridgehead atoms. The largest absolute Gasteiger partial charge is 0.356 e. The molecule has 28 nitrogen and oxygen atoms in total. The molecule has 5 saturated heterocycles. The molecule has 83 heavy (non-hydrogen) atoms. The van der Waals surface area contributed by atoms with Crippen LogP contribution in [0, 0.1) is 5.92 Å². The van der Waals surface area contributed by atoms with E-state index in [0.717, 1.165) is 50.7 Å². The highest BCUT2D eigenvalue weighted by Crippen LogP contribution is 2.63. The first-order chi connectivity index (χ1) is 39.6. The van der Waals surface area contributed by atoms with Crippen molar-refractivity contribution in [2.24, 2.45) is 11.7 Å². The van der Waals surface area contributed by atoms with Crippen molar-refractivity contribution in [3.05, 3.63) is 0 Å². The first-order valence-electron chi connectivity index (χ1n) is 29.7. The number of hydrogen-bond donors (Lipinski definition) is 11. The van der Waals surface area contributed by atoms with Crippen LogP contribution in [0.4, 0.5) is 22.6 Å². The highest BCUT2D eigenvalue weighted by Gasteiger charge is 2.66. The molecule has 1 aliphatic carbocycles. The summed E-state index contributed by atoms with van der Waals surface area (Å²) in [7, 11) is -9.32. The number of urea groups is 1. The molecule has 5 aliphatic heterocycles. The highest BCUT2D eigenvalue weighted by atomic mass is 32.2. The molecule has 1 saturated carbocycles. The maximum Gasteiger partial charge on any atom is 0.315 e. The van der Waals surface area contributed by atoms with E-state index in [1.165, 1.54) is 0 Å².